The van der Waals surface area contributed by atoms with Gasteiger partial charge in [-0.25, -0.2) is 4.98 Å². The molecule has 2 N–H and O–H groups in total. The molecule has 0 aliphatic carbocycles. The molecule has 0 saturated carbocycles. The third-order valence-electron chi connectivity index (χ3n) is 3.55. The van der Waals surface area contributed by atoms with Crippen LogP contribution in [0, 0.1) is 6.92 Å². The average Bonchev–Trinajstić information content (AvgIpc) is 2.76. The molecule has 4 heteroatoms. The molecule has 2 aromatic carbocycles. The van der Waals surface area contributed by atoms with E-state index in [-0.39, 0.29) is 0 Å². The number of nitrogens with two attached hydrogens (primary N) is 1. The Morgan fingerprint density at radius 2 is 1.95 bits per heavy atom. The Balaban J connectivity index is 2.26. The average molecular weight is 265 g/mol. The molecule has 0 aliphatic heterocycles. The first-order valence-electron chi connectivity index (χ1n) is 6.40. The Morgan fingerprint density at radius 1 is 1.20 bits per heavy atom. The van der Waals surface area contributed by atoms with Gasteiger partial charge in [0, 0.05) is 18.2 Å². The first kappa shape index (κ1) is 12.4. The Morgan fingerprint density at radius 3 is 2.65 bits per heavy atom. The first-order chi connectivity index (χ1) is 9.58. The summed E-state index contributed by atoms with van der Waals surface area (Å²) in [6, 6.07) is 13.4. The van der Waals surface area contributed by atoms with Gasteiger partial charge >= 0.3 is 0 Å². The SMILES string of the molecule is Cc1ccccc1-c1nc2ccc(C(N)=O)cc2n1C. The fourth-order valence-electron chi connectivity index (χ4n) is 2.41. The van der Waals surface area contributed by atoms with Gasteiger partial charge in [0.25, 0.3) is 0 Å². The number of imidazole rings is 1. The van der Waals surface area contributed by atoms with Crippen molar-refractivity contribution in [3.8, 4) is 11.4 Å². The number of benzene rings is 2. The molecule has 3 aromatic rings. The molecule has 0 atom stereocenters. The number of aryl methyl sites for hydroxylation is 2. The van der Waals surface area contributed by atoms with E-state index in [0.717, 1.165) is 22.4 Å². The molecule has 0 saturated heterocycles. The number of carbonyl (C=O) groups excluding carboxylic acids is 1. The molecule has 0 fully saturated rings. The second-order valence-electron chi connectivity index (χ2n) is 4.88. The maximum Gasteiger partial charge on any atom is 0.248 e. The zero-order valence-electron chi connectivity index (χ0n) is 11.4. The van der Waals surface area contributed by atoms with Gasteiger partial charge in [-0.05, 0) is 30.7 Å². The zero-order valence-corrected chi connectivity index (χ0v) is 11.4. The van der Waals surface area contributed by atoms with Gasteiger partial charge in [-0.15, -0.1) is 0 Å². The number of fused-ring (bicyclic) bond motifs is 1. The molecule has 0 unspecified atom stereocenters. The van der Waals surface area contributed by atoms with Crippen LogP contribution in [-0.2, 0) is 7.05 Å². The van der Waals surface area contributed by atoms with Gasteiger partial charge < -0.3 is 10.3 Å². The number of primary amides is 1. The van der Waals surface area contributed by atoms with Crippen LogP contribution in [0.3, 0.4) is 0 Å². The minimum atomic E-state index is -0.425. The summed E-state index contributed by atoms with van der Waals surface area (Å²) in [5.74, 6) is 0.463. The Labute approximate surface area is 116 Å². The van der Waals surface area contributed by atoms with Crippen molar-refractivity contribution in [2.24, 2.45) is 12.8 Å². The van der Waals surface area contributed by atoms with Gasteiger partial charge in [0.15, 0.2) is 0 Å². The lowest BCUT2D eigenvalue weighted by atomic mass is 10.1. The van der Waals surface area contributed by atoms with Gasteiger partial charge in [-0.3, -0.25) is 4.79 Å². The standard InChI is InChI=1S/C16H15N3O/c1-10-5-3-4-6-12(10)16-18-13-8-7-11(15(17)20)9-14(13)19(16)2/h3-9H,1-2H3,(H2,17,20). The van der Waals surface area contributed by atoms with Crippen molar-refractivity contribution in [3.05, 3.63) is 53.6 Å². The molecule has 1 amide bonds. The van der Waals surface area contributed by atoms with Crippen LogP contribution in [0.25, 0.3) is 22.4 Å². The summed E-state index contributed by atoms with van der Waals surface area (Å²) >= 11 is 0. The summed E-state index contributed by atoms with van der Waals surface area (Å²) in [6.07, 6.45) is 0. The van der Waals surface area contributed by atoms with Gasteiger partial charge in [-0.2, -0.15) is 0 Å². The van der Waals surface area contributed by atoms with E-state index < -0.39 is 5.91 Å². The highest BCUT2D eigenvalue weighted by Crippen LogP contribution is 2.26. The van der Waals surface area contributed by atoms with Gasteiger partial charge in [-0.1, -0.05) is 24.3 Å². The number of amides is 1. The predicted molar refractivity (Wildman–Crippen MR) is 79.4 cm³/mol. The number of hydrogen-bond acceptors (Lipinski definition) is 2. The topological polar surface area (TPSA) is 60.9 Å². The summed E-state index contributed by atoms with van der Waals surface area (Å²) in [5.41, 5.74) is 9.84. The normalized spacial score (nSPS) is 10.9. The van der Waals surface area contributed by atoms with E-state index in [1.165, 1.54) is 5.56 Å². The number of rotatable bonds is 2. The Kier molecular flexibility index (Phi) is 2.79. The van der Waals surface area contributed by atoms with E-state index in [2.05, 4.69) is 18.0 Å². The molecule has 100 valence electrons. The molecule has 1 heterocycles. The highest BCUT2D eigenvalue weighted by molar-refractivity contribution is 5.96. The lowest BCUT2D eigenvalue weighted by molar-refractivity contribution is 0.100. The third kappa shape index (κ3) is 1.86. The van der Waals surface area contributed by atoms with Crippen molar-refractivity contribution >= 4 is 16.9 Å². The maximum absolute atomic E-state index is 11.3. The van der Waals surface area contributed by atoms with Crippen molar-refractivity contribution in [2.75, 3.05) is 0 Å². The number of hydrogen-bond donors (Lipinski definition) is 1. The van der Waals surface area contributed by atoms with E-state index in [0.29, 0.717) is 5.56 Å². The molecule has 4 nitrogen and oxygen atoms in total. The molecule has 1 aromatic heterocycles. The molecule has 0 aliphatic rings. The monoisotopic (exact) mass is 265 g/mol. The van der Waals surface area contributed by atoms with E-state index in [9.17, 15) is 4.79 Å². The summed E-state index contributed by atoms with van der Waals surface area (Å²) < 4.78 is 1.99. The van der Waals surface area contributed by atoms with Crippen LogP contribution in [-0.4, -0.2) is 15.5 Å². The van der Waals surface area contributed by atoms with Crippen LogP contribution in [0.4, 0.5) is 0 Å². The van der Waals surface area contributed by atoms with E-state index in [1.807, 2.05) is 35.9 Å². The summed E-state index contributed by atoms with van der Waals surface area (Å²) in [5, 5.41) is 0. The molecule has 0 radical (unpaired) electrons. The van der Waals surface area contributed by atoms with Crippen molar-refractivity contribution in [1.29, 1.82) is 0 Å². The van der Waals surface area contributed by atoms with Crippen molar-refractivity contribution in [3.63, 3.8) is 0 Å². The number of carbonyl (C=O) groups is 1. The Hall–Kier alpha value is -2.62. The molecular formula is C16H15N3O. The van der Waals surface area contributed by atoms with E-state index >= 15 is 0 Å². The highest BCUT2D eigenvalue weighted by atomic mass is 16.1. The highest BCUT2D eigenvalue weighted by Gasteiger charge is 2.12. The fourth-order valence-corrected chi connectivity index (χ4v) is 2.41. The molecule has 0 bridgehead atoms. The minimum absolute atomic E-state index is 0.425. The van der Waals surface area contributed by atoms with Crippen LogP contribution in [0.5, 0.6) is 0 Å². The van der Waals surface area contributed by atoms with Gasteiger partial charge in [0.1, 0.15) is 5.82 Å². The largest absolute Gasteiger partial charge is 0.366 e. The fraction of sp³-hybridized carbons (Fsp3) is 0.125. The third-order valence-corrected chi connectivity index (χ3v) is 3.55. The zero-order chi connectivity index (χ0) is 14.3. The lowest BCUT2D eigenvalue weighted by Gasteiger charge is -2.05. The van der Waals surface area contributed by atoms with E-state index in [1.54, 1.807) is 12.1 Å². The minimum Gasteiger partial charge on any atom is -0.366 e. The van der Waals surface area contributed by atoms with Gasteiger partial charge in [0.2, 0.25) is 5.91 Å². The number of nitrogens with zero attached hydrogens (tertiary/aromatic N) is 2. The van der Waals surface area contributed by atoms with Crippen LogP contribution in [0.2, 0.25) is 0 Å². The predicted octanol–water partition coefficient (Wildman–Crippen LogP) is 2.65. The van der Waals surface area contributed by atoms with E-state index in [4.69, 9.17) is 5.73 Å². The summed E-state index contributed by atoms with van der Waals surface area (Å²) in [7, 11) is 1.95. The molecule has 20 heavy (non-hydrogen) atoms. The molecule has 0 spiro atoms. The Bertz CT molecular complexity index is 818. The second-order valence-corrected chi connectivity index (χ2v) is 4.88. The summed E-state index contributed by atoms with van der Waals surface area (Å²) in [6.45, 7) is 2.06. The number of aromatic nitrogens is 2. The maximum atomic E-state index is 11.3. The van der Waals surface area contributed by atoms with Crippen LogP contribution in [0.15, 0.2) is 42.5 Å². The lowest BCUT2D eigenvalue weighted by Crippen LogP contribution is -2.10. The van der Waals surface area contributed by atoms with Crippen LogP contribution in [0.1, 0.15) is 15.9 Å². The molecular weight excluding hydrogens is 250 g/mol. The second kappa shape index (κ2) is 4.49. The van der Waals surface area contributed by atoms with Crippen LogP contribution >= 0.6 is 0 Å². The molecule has 3 rings (SSSR count). The first-order valence-corrected chi connectivity index (χ1v) is 6.40. The van der Waals surface area contributed by atoms with Gasteiger partial charge in [0.05, 0.1) is 11.0 Å². The van der Waals surface area contributed by atoms with Crippen molar-refractivity contribution in [1.82, 2.24) is 9.55 Å². The van der Waals surface area contributed by atoms with Crippen molar-refractivity contribution < 1.29 is 4.79 Å². The van der Waals surface area contributed by atoms with Crippen molar-refractivity contribution in [2.45, 2.75) is 6.92 Å². The quantitative estimate of drug-likeness (QED) is 0.774. The smallest absolute Gasteiger partial charge is 0.248 e. The van der Waals surface area contributed by atoms with Crippen LogP contribution < -0.4 is 5.73 Å². The summed E-state index contributed by atoms with van der Waals surface area (Å²) in [4.78, 5) is 15.9.